The lowest BCUT2D eigenvalue weighted by molar-refractivity contribution is 0.623. The van der Waals surface area contributed by atoms with E-state index in [1.165, 1.54) is 38.5 Å². The van der Waals surface area contributed by atoms with Crippen LogP contribution in [0.3, 0.4) is 0 Å². The van der Waals surface area contributed by atoms with Crippen LogP contribution in [0.1, 0.15) is 0 Å². The minimum absolute atomic E-state index is 0.608. The fraction of sp³-hybridized carbons (Fsp3) is 0. The van der Waals surface area contributed by atoms with Gasteiger partial charge in [0.1, 0.15) is 5.52 Å². The van der Waals surface area contributed by atoms with Crippen LogP contribution in [0.2, 0.25) is 0 Å². The number of hydrogen-bond donors (Lipinski definition) is 0. The first-order chi connectivity index (χ1) is 30.2. The van der Waals surface area contributed by atoms with Gasteiger partial charge in [0.2, 0.25) is 5.89 Å². The van der Waals surface area contributed by atoms with Gasteiger partial charge in [-0.15, -0.1) is 0 Å². The average Bonchev–Trinajstić information content (AvgIpc) is 3.92. The number of rotatable bonds is 7. The summed E-state index contributed by atoms with van der Waals surface area (Å²) >= 11 is 0. The third-order valence-electron chi connectivity index (χ3n) is 12.0. The van der Waals surface area contributed by atoms with Crippen LogP contribution >= 0.6 is 0 Å². The van der Waals surface area contributed by atoms with Crippen molar-refractivity contribution in [3.05, 3.63) is 224 Å². The number of anilines is 3. The maximum atomic E-state index is 6.80. The smallest absolute Gasteiger partial charge is 0.227 e. The Morgan fingerprint density at radius 2 is 0.934 bits per heavy atom. The van der Waals surface area contributed by atoms with E-state index in [0.29, 0.717) is 5.89 Å². The third-order valence-corrected chi connectivity index (χ3v) is 12.0. The van der Waals surface area contributed by atoms with Gasteiger partial charge in [0.15, 0.2) is 5.58 Å². The van der Waals surface area contributed by atoms with E-state index < -0.39 is 0 Å². The first kappa shape index (κ1) is 34.8. The zero-order valence-electron chi connectivity index (χ0n) is 33.1. The molecule has 0 saturated carbocycles. The molecule has 0 bridgehead atoms. The minimum Gasteiger partial charge on any atom is -0.435 e. The maximum absolute atomic E-state index is 6.80. The van der Waals surface area contributed by atoms with Crippen molar-refractivity contribution in [1.82, 2.24) is 9.55 Å². The molecule has 2 heterocycles. The Morgan fingerprint density at radius 3 is 1.62 bits per heavy atom. The van der Waals surface area contributed by atoms with Gasteiger partial charge >= 0.3 is 0 Å². The Bertz CT molecular complexity index is 3520. The molecule has 0 aliphatic carbocycles. The number of aromatic nitrogens is 2. The molecule has 0 radical (unpaired) electrons. The van der Waals surface area contributed by atoms with Crippen molar-refractivity contribution < 1.29 is 4.42 Å². The highest BCUT2D eigenvalue weighted by Gasteiger charge is 2.22. The van der Waals surface area contributed by atoms with Gasteiger partial charge in [0.05, 0.1) is 16.7 Å². The summed E-state index contributed by atoms with van der Waals surface area (Å²) in [4.78, 5) is 7.41. The first-order valence-corrected chi connectivity index (χ1v) is 20.7. The van der Waals surface area contributed by atoms with Crippen LogP contribution in [0.4, 0.5) is 17.1 Å². The van der Waals surface area contributed by atoms with E-state index in [1.807, 2.05) is 30.3 Å². The molecular formula is C57H37N3O. The molecule has 12 aromatic rings. The highest BCUT2D eigenvalue weighted by molar-refractivity contribution is 6.22. The second-order valence-electron chi connectivity index (χ2n) is 15.6. The molecular weight excluding hydrogens is 743 g/mol. The monoisotopic (exact) mass is 779 g/mol. The van der Waals surface area contributed by atoms with Crippen molar-refractivity contribution in [2.75, 3.05) is 4.90 Å². The van der Waals surface area contributed by atoms with Gasteiger partial charge in [0, 0.05) is 44.2 Å². The summed E-state index contributed by atoms with van der Waals surface area (Å²) in [5.74, 6) is 0.608. The van der Waals surface area contributed by atoms with Crippen LogP contribution < -0.4 is 4.90 Å². The average molecular weight is 780 g/mol. The molecule has 0 spiro atoms. The molecule has 0 aliphatic heterocycles. The largest absolute Gasteiger partial charge is 0.435 e. The van der Waals surface area contributed by atoms with Crippen LogP contribution in [0.15, 0.2) is 229 Å². The Kier molecular flexibility index (Phi) is 8.13. The van der Waals surface area contributed by atoms with Gasteiger partial charge < -0.3 is 13.9 Å². The van der Waals surface area contributed by atoms with Gasteiger partial charge in [-0.1, -0.05) is 152 Å². The second kappa shape index (κ2) is 14.3. The molecule has 0 aliphatic rings. The quantitative estimate of drug-likeness (QED) is 0.151. The molecule has 10 aromatic carbocycles. The summed E-state index contributed by atoms with van der Waals surface area (Å²) in [5, 5.41) is 6.76. The summed E-state index contributed by atoms with van der Waals surface area (Å²) in [5.41, 5.74) is 13.8. The van der Waals surface area contributed by atoms with Crippen LogP contribution in [-0.2, 0) is 0 Å². The van der Waals surface area contributed by atoms with E-state index in [2.05, 4.69) is 204 Å². The molecule has 2 aromatic heterocycles. The number of oxazole rings is 1. The van der Waals surface area contributed by atoms with Crippen molar-refractivity contribution in [1.29, 1.82) is 0 Å². The summed E-state index contributed by atoms with van der Waals surface area (Å²) in [6, 6.07) is 80.0. The Balaban J connectivity index is 1.14. The molecule has 61 heavy (non-hydrogen) atoms. The maximum Gasteiger partial charge on any atom is 0.227 e. The van der Waals surface area contributed by atoms with E-state index in [0.717, 1.165) is 66.5 Å². The van der Waals surface area contributed by atoms with Crippen molar-refractivity contribution >= 4 is 71.5 Å². The molecule has 4 nitrogen and oxygen atoms in total. The van der Waals surface area contributed by atoms with Crippen molar-refractivity contribution in [2.24, 2.45) is 0 Å². The second-order valence-corrected chi connectivity index (χ2v) is 15.6. The van der Waals surface area contributed by atoms with Gasteiger partial charge in [-0.25, -0.2) is 4.98 Å². The van der Waals surface area contributed by atoms with Gasteiger partial charge in [-0.3, -0.25) is 0 Å². The topological polar surface area (TPSA) is 34.2 Å². The zero-order chi connectivity index (χ0) is 40.3. The van der Waals surface area contributed by atoms with Crippen LogP contribution in [0.25, 0.3) is 93.8 Å². The number of nitrogens with zero attached hydrogens (tertiary/aromatic N) is 3. The lowest BCUT2D eigenvalue weighted by atomic mass is 9.97. The standard InChI is InChI=1S/C57H37N3O/c1-4-15-38(16-5-1)40-27-30-44(31-28-40)59(45-22-14-21-42(35-45)39-17-6-2-7-18-39)46-32-33-49-50(37-46)55-43(29-34-51-56(55)61-57(58-51)41-19-8-3-9-20-41)36-54(49)60-52-25-12-10-23-47(52)48-24-11-13-26-53(48)60/h1-37H. The summed E-state index contributed by atoms with van der Waals surface area (Å²) in [6.45, 7) is 0. The van der Waals surface area contributed by atoms with Gasteiger partial charge in [-0.05, 0) is 106 Å². The van der Waals surface area contributed by atoms with Crippen LogP contribution in [-0.4, -0.2) is 9.55 Å². The summed E-state index contributed by atoms with van der Waals surface area (Å²) in [7, 11) is 0. The molecule has 0 unspecified atom stereocenters. The van der Waals surface area contributed by atoms with E-state index >= 15 is 0 Å². The molecule has 0 saturated heterocycles. The minimum atomic E-state index is 0.608. The van der Waals surface area contributed by atoms with E-state index in [1.54, 1.807) is 0 Å². The SMILES string of the molecule is c1ccc(-c2ccc(N(c3cccc(-c4ccccc4)c3)c3ccc4c(-n5c6ccccc6c6ccccc65)cc5ccc6nc(-c7ccccc7)oc6c5c4c3)cc2)cc1. The Labute approximate surface area is 352 Å². The van der Waals surface area contributed by atoms with E-state index in [-0.39, 0.29) is 0 Å². The van der Waals surface area contributed by atoms with Crippen molar-refractivity contribution in [2.45, 2.75) is 0 Å². The van der Waals surface area contributed by atoms with Crippen molar-refractivity contribution in [3.63, 3.8) is 0 Å². The number of benzene rings is 10. The summed E-state index contributed by atoms with van der Waals surface area (Å²) in [6.07, 6.45) is 0. The van der Waals surface area contributed by atoms with Crippen molar-refractivity contribution in [3.8, 4) is 39.4 Å². The zero-order valence-corrected chi connectivity index (χ0v) is 33.1. The normalized spacial score (nSPS) is 11.6. The molecule has 4 heteroatoms. The summed E-state index contributed by atoms with van der Waals surface area (Å²) < 4.78 is 9.23. The molecule has 0 N–H and O–H groups in total. The lowest BCUT2D eigenvalue weighted by Crippen LogP contribution is -2.10. The highest BCUT2D eigenvalue weighted by Crippen LogP contribution is 2.44. The molecule has 0 amide bonds. The third kappa shape index (κ3) is 5.88. The Morgan fingerprint density at radius 1 is 0.377 bits per heavy atom. The number of para-hydroxylation sites is 2. The predicted molar refractivity (Wildman–Crippen MR) is 254 cm³/mol. The molecule has 0 atom stereocenters. The fourth-order valence-corrected chi connectivity index (χ4v) is 9.14. The van der Waals surface area contributed by atoms with E-state index in [9.17, 15) is 0 Å². The molecule has 286 valence electrons. The highest BCUT2D eigenvalue weighted by atomic mass is 16.3. The Hall–Kier alpha value is -8.21. The molecule has 12 rings (SSSR count). The first-order valence-electron chi connectivity index (χ1n) is 20.7. The predicted octanol–water partition coefficient (Wildman–Crippen LogP) is 15.7. The van der Waals surface area contributed by atoms with Crippen LogP contribution in [0.5, 0.6) is 0 Å². The van der Waals surface area contributed by atoms with Gasteiger partial charge in [-0.2, -0.15) is 0 Å². The lowest BCUT2D eigenvalue weighted by Gasteiger charge is -2.27. The van der Waals surface area contributed by atoms with Crippen LogP contribution in [0, 0.1) is 0 Å². The molecule has 0 fully saturated rings. The fourth-order valence-electron chi connectivity index (χ4n) is 9.14. The number of fused-ring (bicyclic) bond motifs is 8. The number of hydrogen-bond acceptors (Lipinski definition) is 3. The van der Waals surface area contributed by atoms with Gasteiger partial charge in [0.25, 0.3) is 0 Å². The van der Waals surface area contributed by atoms with E-state index in [4.69, 9.17) is 9.40 Å².